The SMILES string of the molecule is CCCSc1ccc(CC(C)CC(C)N)cc1. The molecule has 17 heavy (non-hydrogen) atoms. The zero-order valence-corrected chi connectivity index (χ0v) is 12.1. The number of hydrogen-bond acceptors (Lipinski definition) is 2. The lowest BCUT2D eigenvalue weighted by atomic mass is 9.95. The Kier molecular flexibility index (Phi) is 6.68. The predicted molar refractivity (Wildman–Crippen MR) is 78.6 cm³/mol. The zero-order valence-electron chi connectivity index (χ0n) is 11.3. The van der Waals surface area contributed by atoms with E-state index in [0.717, 1.165) is 12.8 Å². The fourth-order valence-electron chi connectivity index (χ4n) is 2.06. The van der Waals surface area contributed by atoms with Gasteiger partial charge in [0.25, 0.3) is 0 Å². The Balaban J connectivity index is 2.44. The standard InChI is InChI=1S/C15H25NS/c1-4-9-17-15-7-5-14(6-8-15)11-12(2)10-13(3)16/h5-8,12-13H,4,9-11,16H2,1-3H3. The lowest BCUT2D eigenvalue weighted by Crippen LogP contribution is -2.19. The summed E-state index contributed by atoms with van der Waals surface area (Å²) in [5.41, 5.74) is 7.25. The van der Waals surface area contributed by atoms with Crippen molar-refractivity contribution in [1.82, 2.24) is 0 Å². The number of hydrogen-bond donors (Lipinski definition) is 1. The van der Waals surface area contributed by atoms with Crippen LogP contribution in [0.25, 0.3) is 0 Å². The van der Waals surface area contributed by atoms with Crippen molar-refractivity contribution in [2.45, 2.75) is 51.0 Å². The first-order valence-corrected chi connectivity index (χ1v) is 7.57. The highest BCUT2D eigenvalue weighted by molar-refractivity contribution is 7.99. The second-order valence-electron chi connectivity index (χ2n) is 5.01. The zero-order chi connectivity index (χ0) is 12.7. The highest BCUT2D eigenvalue weighted by atomic mass is 32.2. The summed E-state index contributed by atoms with van der Waals surface area (Å²) in [6, 6.07) is 9.32. The molecule has 2 unspecified atom stereocenters. The third-order valence-electron chi connectivity index (χ3n) is 2.75. The molecule has 0 aliphatic heterocycles. The van der Waals surface area contributed by atoms with Crippen LogP contribution in [0.4, 0.5) is 0 Å². The average Bonchev–Trinajstić information content (AvgIpc) is 2.27. The molecular formula is C15H25NS. The van der Waals surface area contributed by atoms with Crippen molar-refractivity contribution >= 4 is 11.8 Å². The third-order valence-corrected chi connectivity index (χ3v) is 3.97. The van der Waals surface area contributed by atoms with Crippen molar-refractivity contribution < 1.29 is 0 Å². The van der Waals surface area contributed by atoms with Crippen LogP contribution in [0.1, 0.15) is 39.2 Å². The molecule has 0 saturated carbocycles. The molecule has 0 heterocycles. The molecule has 1 rings (SSSR count). The molecule has 0 bridgehead atoms. The van der Waals surface area contributed by atoms with E-state index in [4.69, 9.17) is 5.73 Å². The minimum Gasteiger partial charge on any atom is -0.328 e. The summed E-state index contributed by atoms with van der Waals surface area (Å²) in [5, 5.41) is 0. The Labute approximate surface area is 110 Å². The molecule has 96 valence electrons. The monoisotopic (exact) mass is 251 g/mol. The minimum absolute atomic E-state index is 0.310. The van der Waals surface area contributed by atoms with E-state index in [1.807, 2.05) is 11.8 Å². The van der Waals surface area contributed by atoms with Crippen molar-refractivity contribution in [2.75, 3.05) is 5.75 Å². The van der Waals surface area contributed by atoms with E-state index in [1.54, 1.807) is 0 Å². The van der Waals surface area contributed by atoms with Crippen LogP contribution in [0.3, 0.4) is 0 Å². The molecule has 0 spiro atoms. The number of nitrogens with two attached hydrogens (primary N) is 1. The Bertz CT molecular complexity index is 305. The Morgan fingerprint density at radius 3 is 2.35 bits per heavy atom. The van der Waals surface area contributed by atoms with Crippen LogP contribution in [0, 0.1) is 5.92 Å². The molecule has 2 heteroatoms. The third kappa shape index (κ3) is 6.13. The second kappa shape index (κ2) is 7.78. The van der Waals surface area contributed by atoms with Crippen LogP contribution < -0.4 is 5.73 Å². The lowest BCUT2D eigenvalue weighted by Gasteiger charge is -2.14. The van der Waals surface area contributed by atoms with Crippen LogP contribution in [0.15, 0.2) is 29.2 Å². The molecule has 0 aliphatic carbocycles. The first kappa shape index (κ1) is 14.6. The van der Waals surface area contributed by atoms with Crippen molar-refractivity contribution in [2.24, 2.45) is 11.7 Å². The second-order valence-corrected chi connectivity index (χ2v) is 6.18. The van der Waals surface area contributed by atoms with E-state index in [2.05, 4.69) is 45.0 Å². The summed E-state index contributed by atoms with van der Waals surface area (Å²) in [5.74, 6) is 1.88. The molecule has 0 amide bonds. The lowest BCUT2D eigenvalue weighted by molar-refractivity contribution is 0.480. The largest absolute Gasteiger partial charge is 0.328 e. The maximum atomic E-state index is 5.82. The van der Waals surface area contributed by atoms with Crippen molar-refractivity contribution in [1.29, 1.82) is 0 Å². The Hall–Kier alpha value is -0.470. The summed E-state index contributed by atoms with van der Waals surface area (Å²) < 4.78 is 0. The normalized spacial score (nSPS) is 14.6. The van der Waals surface area contributed by atoms with Gasteiger partial charge in [-0.15, -0.1) is 11.8 Å². The van der Waals surface area contributed by atoms with E-state index in [1.165, 1.54) is 22.6 Å². The molecule has 0 aliphatic rings. The van der Waals surface area contributed by atoms with Gasteiger partial charge in [0.05, 0.1) is 0 Å². The molecule has 0 fully saturated rings. The van der Waals surface area contributed by atoms with Crippen molar-refractivity contribution in [3.05, 3.63) is 29.8 Å². The topological polar surface area (TPSA) is 26.0 Å². The van der Waals surface area contributed by atoms with Crippen molar-refractivity contribution in [3.63, 3.8) is 0 Å². The van der Waals surface area contributed by atoms with E-state index in [0.29, 0.717) is 12.0 Å². The Morgan fingerprint density at radius 2 is 1.82 bits per heavy atom. The minimum atomic E-state index is 0.310. The highest BCUT2D eigenvalue weighted by Gasteiger charge is 2.06. The fourth-order valence-corrected chi connectivity index (χ4v) is 2.83. The van der Waals surface area contributed by atoms with Gasteiger partial charge in [-0.25, -0.2) is 0 Å². The van der Waals surface area contributed by atoms with Gasteiger partial charge in [-0.3, -0.25) is 0 Å². The summed E-state index contributed by atoms with van der Waals surface area (Å²) >= 11 is 1.94. The fraction of sp³-hybridized carbons (Fsp3) is 0.600. The van der Waals surface area contributed by atoms with Gasteiger partial charge in [0.2, 0.25) is 0 Å². The van der Waals surface area contributed by atoms with Gasteiger partial charge < -0.3 is 5.73 Å². The average molecular weight is 251 g/mol. The van der Waals surface area contributed by atoms with Crippen molar-refractivity contribution in [3.8, 4) is 0 Å². The van der Waals surface area contributed by atoms with Gasteiger partial charge in [0.1, 0.15) is 0 Å². The van der Waals surface area contributed by atoms with Gasteiger partial charge in [0.15, 0.2) is 0 Å². The van der Waals surface area contributed by atoms with Crippen LogP contribution in [0.5, 0.6) is 0 Å². The summed E-state index contributed by atoms with van der Waals surface area (Å²) in [4.78, 5) is 1.38. The Morgan fingerprint density at radius 1 is 1.18 bits per heavy atom. The number of benzene rings is 1. The predicted octanol–water partition coefficient (Wildman–Crippen LogP) is 4.10. The maximum absolute atomic E-state index is 5.82. The van der Waals surface area contributed by atoms with Gasteiger partial charge in [-0.05, 0) is 55.6 Å². The molecule has 1 nitrogen and oxygen atoms in total. The van der Waals surface area contributed by atoms with Gasteiger partial charge in [0, 0.05) is 10.9 Å². The summed E-state index contributed by atoms with van der Waals surface area (Å²) in [6.07, 6.45) is 3.48. The smallest absolute Gasteiger partial charge is 0.00721 e. The molecule has 2 atom stereocenters. The van der Waals surface area contributed by atoms with Crippen LogP contribution in [-0.2, 0) is 6.42 Å². The van der Waals surface area contributed by atoms with E-state index >= 15 is 0 Å². The first-order chi connectivity index (χ1) is 8.11. The molecule has 1 aromatic carbocycles. The van der Waals surface area contributed by atoms with Crippen LogP contribution >= 0.6 is 11.8 Å². The van der Waals surface area contributed by atoms with Gasteiger partial charge in [-0.2, -0.15) is 0 Å². The van der Waals surface area contributed by atoms with E-state index < -0.39 is 0 Å². The van der Waals surface area contributed by atoms with E-state index in [-0.39, 0.29) is 0 Å². The summed E-state index contributed by atoms with van der Waals surface area (Å²) in [6.45, 7) is 6.58. The summed E-state index contributed by atoms with van der Waals surface area (Å²) in [7, 11) is 0. The molecular weight excluding hydrogens is 226 g/mol. The molecule has 0 radical (unpaired) electrons. The van der Waals surface area contributed by atoms with Gasteiger partial charge in [-0.1, -0.05) is 26.0 Å². The van der Waals surface area contributed by atoms with Crippen LogP contribution in [-0.4, -0.2) is 11.8 Å². The molecule has 1 aromatic rings. The van der Waals surface area contributed by atoms with E-state index in [9.17, 15) is 0 Å². The molecule has 0 saturated heterocycles. The molecule has 0 aromatic heterocycles. The highest BCUT2D eigenvalue weighted by Crippen LogP contribution is 2.20. The quantitative estimate of drug-likeness (QED) is 0.738. The molecule has 2 N–H and O–H groups in total. The van der Waals surface area contributed by atoms with Gasteiger partial charge >= 0.3 is 0 Å². The maximum Gasteiger partial charge on any atom is 0.00721 e. The van der Waals surface area contributed by atoms with Crippen LogP contribution in [0.2, 0.25) is 0 Å². The number of thioether (sulfide) groups is 1. The first-order valence-electron chi connectivity index (χ1n) is 6.59. The number of rotatable bonds is 7.